The molecule has 1 rings (SSSR count). The van der Waals surface area contributed by atoms with Gasteiger partial charge in [-0.1, -0.05) is 6.92 Å². The number of ether oxygens (including phenoxy) is 1. The number of hydrogen-bond donors (Lipinski definition) is 1. The van der Waals surface area contributed by atoms with Crippen molar-refractivity contribution in [3.05, 3.63) is 0 Å². The van der Waals surface area contributed by atoms with Gasteiger partial charge in [0.25, 0.3) is 0 Å². The van der Waals surface area contributed by atoms with Crippen molar-refractivity contribution in [2.45, 2.75) is 45.4 Å². The molecule has 0 spiro atoms. The van der Waals surface area contributed by atoms with E-state index in [0.717, 1.165) is 26.2 Å². The van der Waals surface area contributed by atoms with Crippen molar-refractivity contribution in [1.82, 2.24) is 15.1 Å². The molecule has 0 aliphatic carbocycles. The maximum atomic E-state index is 5.83. The van der Waals surface area contributed by atoms with Gasteiger partial charge in [0, 0.05) is 31.7 Å². The quantitative estimate of drug-likeness (QED) is 0.737. The molecule has 0 amide bonds. The summed E-state index contributed by atoms with van der Waals surface area (Å²) in [5.41, 5.74) is 0. The summed E-state index contributed by atoms with van der Waals surface area (Å²) in [7, 11) is 4.44. The van der Waals surface area contributed by atoms with Crippen LogP contribution in [-0.2, 0) is 4.74 Å². The van der Waals surface area contributed by atoms with Crippen LogP contribution in [0.2, 0.25) is 0 Å². The second kappa shape index (κ2) is 8.10. The first-order valence-corrected chi connectivity index (χ1v) is 7.28. The summed E-state index contributed by atoms with van der Waals surface area (Å²) in [5.74, 6) is 0. The maximum Gasteiger partial charge on any atom is 0.0638 e. The van der Waals surface area contributed by atoms with E-state index in [0.29, 0.717) is 18.2 Å². The second-order valence-electron chi connectivity index (χ2n) is 5.75. The zero-order valence-corrected chi connectivity index (χ0v) is 12.8. The van der Waals surface area contributed by atoms with E-state index in [1.165, 1.54) is 13.0 Å². The van der Waals surface area contributed by atoms with Crippen LogP contribution in [0.15, 0.2) is 0 Å². The molecule has 1 heterocycles. The van der Waals surface area contributed by atoms with E-state index in [4.69, 9.17) is 4.74 Å². The van der Waals surface area contributed by atoms with Gasteiger partial charge in [-0.15, -0.1) is 0 Å². The Hall–Kier alpha value is -0.160. The average Bonchev–Trinajstić information content (AvgIpc) is 2.32. The highest BCUT2D eigenvalue weighted by Gasteiger charge is 2.29. The smallest absolute Gasteiger partial charge is 0.0638 e. The fourth-order valence-electron chi connectivity index (χ4n) is 2.41. The molecular formula is C14H31N3O. The molecule has 108 valence electrons. The highest BCUT2D eigenvalue weighted by molar-refractivity contribution is 4.89. The monoisotopic (exact) mass is 257 g/mol. The summed E-state index contributed by atoms with van der Waals surface area (Å²) in [4.78, 5) is 4.89. The molecule has 0 radical (unpaired) electrons. The molecule has 0 saturated carbocycles. The van der Waals surface area contributed by atoms with Crippen molar-refractivity contribution in [3.8, 4) is 0 Å². The van der Waals surface area contributed by atoms with Gasteiger partial charge in [-0.05, 0) is 40.9 Å². The fraction of sp³-hybridized carbons (Fsp3) is 1.00. The van der Waals surface area contributed by atoms with Gasteiger partial charge in [0.1, 0.15) is 0 Å². The molecule has 1 N–H and O–H groups in total. The van der Waals surface area contributed by atoms with Crippen molar-refractivity contribution in [3.63, 3.8) is 0 Å². The Morgan fingerprint density at radius 2 is 2.00 bits per heavy atom. The topological polar surface area (TPSA) is 27.7 Å². The summed E-state index contributed by atoms with van der Waals surface area (Å²) in [6, 6.07) is 0.981. The predicted octanol–water partition coefficient (Wildman–Crippen LogP) is 1.03. The van der Waals surface area contributed by atoms with Crippen LogP contribution in [0.25, 0.3) is 0 Å². The molecule has 1 saturated heterocycles. The molecule has 0 aromatic heterocycles. The maximum absolute atomic E-state index is 5.83. The van der Waals surface area contributed by atoms with E-state index in [-0.39, 0.29) is 0 Å². The minimum absolute atomic E-state index is 0.308. The Bertz CT molecular complexity index is 223. The summed E-state index contributed by atoms with van der Waals surface area (Å²) >= 11 is 0. The lowest BCUT2D eigenvalue weighted by Crippen LogP contribution is -2.60. The summed E-state index contributed by atoms with van der Waals surface area (Å²) < 4.78 is 5.83. The highest BCUT2D eigenvalue weighted by Crippen LogP contribution is 2.11. The van der Waals surface area contributed by atoms with Crippen LogP contribution in [0.1, 0.15) is 27.2 Å². The van der Waals surface area contributed by atoms with Crippen LogP contribution >= 0.6 is 0 Å². The first-order valence-electron chi connectivity index (χ1n) is 7.28. The molecule has 4 heteroatoms. The standard InChI is InChI=1S/C14H31N3O/c1-6-7-15-13(11-18-12(2)3)14-10-16(4)8-9-17(14)5/h12-15H,6-11H2,1-5H3. The number of rotatable bonds is 7. The van der Waals surface area contributed by atoms with Crippen LogP contribution < -0.4 is 5.32 Å². The van der Waals surface area contributed by atoms with Crippen LogP contribution in [0, 0.1) is 0 Å². The minimum atomic E-state index is 0.308. The fourth-order valence-corrected chi connectivity index (χ4v) is 2.41. The van der Waals surface area contributed by atoms with E-state index >= 15 is 0 Å². The zero-order valence-electron chi connectivity index (χ0n) is 12.8. The molecule has 18 heavy (non-hydrogen) atoms. The number of piperazine rings is 1. The lowest BCUT2D eigenvalue weighted by Gasteiger charge is -2.42. The van der Waals surface area contributed by atoms with Gasteiger partial charge in [-0.25, -0.2) is 0 Å². The predicted molar refractivity (Wildman–Crippen MR) is 77.1 cm³/mol. The van der Waals surface area contributed by atoms with Crippen molar-refractivity contribution < 1.29 is 4.74 Å². The Kier molecular flexibility index (Phi) is 7.15. The minimum Gasteiger partial charge on any atom is -0.377 e. The van der Waals surface area contributed by atoms with Crippen molar-refractivity contribution in [2.75, 3.05) is 46.9 Å². The SMILES string of the molecule is CCCNC(COC(C)C)C1CN(C)CCN1C. The van der Waals surface area contributed by atoms with Gasteiger partial charge in [0.05, 0.1) is 12.7 Å². The van der Waals surface area contributed by atoms with Gasteiger partial charge < -0.3 is 15.0 Å². The Morgan fingerprint density at radius 3 is 2.61 bits per heavy atom. The first-order chi connectivity index (χ1) is 8.54. The molecule has 4 nitrogen and oxygen atoms in total. The molecule has 0 aromatic rings. The van der Waals surface area contributed by atoms with Gasteiger partial charge in [-0.2, -0.15) is 0 Å². The van der Waals surface area contributed by atoms with Gasteiger partial charge >= 0.3 is 0 Å². The number of nitrogens with one attached hydrogen (secondary N) is 1. The third-order valence-corrected chi connectivity index (χ3v) is 3.63. The third kappa shape index (κ3) is 5.22. The second-order valence-corrected chi connectivity index (χ2v) is 5.75. The van der Waals surface area contributed by atoms with Crippen molar-refractivity contribution in [1.29, 1.82) is 0 Å². The van der Waals surface area contributed by atoms with E-state index < -0.39 is 0 Å². The Balaban J connectivity index is 2.54. The lowest BCUT2D eigenvalue weighted by molar-refractivity contribution is 0.0172. The molecule has 0 bridgehead atoms. The lowest BCUT2D eigenvalue weighted by atomic mass is 10.0. The molecular weight excluding hydrogens is 226 g/mol. The van der Waals surface area contributed by atoms with Gasteiger partial charge in [0.2, 0.25) is 0 Å². The number of hydrogen-bond acceptors (Lipinski definition) is 4. The average molecular weight is 257 g/mol. The molecule has 2 atom stereocenters. The van der Waals surface area contributed by atoms with E-state index in [9.17, 15) is 0 Å². The van der Waals surface area contributed by atoms with Crippen LogP contribution in [0.3, 0.4) is 0 Å². The van der Waals surface area contributed by atoms with E-state index in [1.807, 2.05) is 0 Å². The van der Waals surface area contributed by atoms with E-state index in [1.54, 1.807) is 0 Å². The summed E-state index contributed by atoms with van der Waals surface area (Å²) in [6.07, 6.45) is 1.48. The Morgan fingerprint density at radius 1 is 1.28 bits per heavy atom. The van der Waals surface area contributed by atoms with Crippen molar-refractivity contribution in [2.24, 2.45) is 0 Å². The summed E-state index contributed by atoms with van der Waals surface area (Å²) in [5, 5.41) is 3.65. The van der Waals surface area contributed by atoms with Crippen LogP contribution in [0.5, 0.6) is 0 Å². The third-order valence-electron chi connectivity index (χ3n) is 3.63. The number of likely N-dealkylation sites (N-methyl/N-ethyl adjacent to an activating group) is 2. The van der Waals surface area contributed by atoms with Crippen LogP contribution in [0.4, 0.5) is 0 Å². The molecule has 1 aliphatic heterocycles. The highest BCUT2D eigenvalue weighted by atomic mass is 16.5. The molecule has 1 fully saturated rings. The largest absolute Gasteiger partial charge is 0.377 e. The molecule has 0 aromatic carbocycles. The first kappa shape index (κ1) is 15.9. The summed E-state index contributed by atoms with van der Waals surface area (Å²) in [6.45, 7) is 11.7. The van der Waals surface area contributed by atoms with Gasteiger partial charge in [0.15, 0.2) is 0 Å². The van der Waals surface area contributed by atoms with Gasteiger partial charge in [-0.3, -0.25) is 4.90 Å². The molecule has 2 unspecified atom stereocenters. The van der Waals surface area contributed by atoms with E-state index in [2.05, 4.69) is 50.0 Å². The Labute approximate surface area is 113 Å². The molecule has 1 aliphatic rings. The zero-order chi connectivity index (χ0) is 13.5. The normalized spacial score (nSPS) is 24.7. The van der Waals surface area contributed by atoms with Crippen LogP contribution in [-0.4, -0.2) is 74.9 Å². The number of nitrogens with zero attached hydrogens (tertiary/aromatic N) is 2. The van der Waals surface area contributed by atoms with Crippen molar-refractivity contribution >= 4 is 0 Å².